The highest BCUT2D eigenvalue weighted by Gasteiger charge is 2.41. The highest BCUT2D eigenvalue weighted by atomic mass is 32.1. The van der Waals surface area contributed by atoms with E-state index in [0.717, 1.165) is 25.7 Å². The lowest BCUT2D eigenvalue weighted by molar-refractivity contribution is -0.189. The van der Waals surface area contributed by atoms with Crippen molar-refractivity contribution < 1.29 is 24.4 Å². The molecule has 0 spiro atoms. The van der Waals surface area contributed by atoms with Gasteiger partial charge in [0, 0.05) is 12.8 Å². The minimum Gasteiger partial charge on any atom is -0.484 e. The zero-order valence-corrected chi connectivity index (χ0v) is 31.1. The Bertz CT molecular complexity index is 691. The van der Waals surface area contributed by atoms with Crippen LogP contribution in [0.4, 0.5) is 0 Å². The number of hydrogen-bond donors (Lipinski definition) is 2. The summed E-state index contributed by atoms with van der Waals surface area (Å²) in [6, 6.07) is 0. The Morgan fingerprint density at radius 2 is 0.911 bits per heavy atom. The Balaban J connectivity index is 2.05. The highest BCUT2D eigenvalue weighted by Crippen LogP contribution is 2.22. The van der Waals surface area contributed by atoms with E-state index in [2.05, 4.69) is 13.8 Å². The van der Waals surface area contributed by atoms with E-state index in [9.17, 15) is 10.2 Å². The maximum Gasteiger partial charge on any atom is 0.160 e. The molecule has 0 saturated carbocycles. The normalized spacial score (nSPS) is 19.9. The highest BCUT2D eigenvalue weighted by molar-refractivity contribution is 7.80. The zero-order valence-electron chi connectivity index (χ0n) is 29.5. The number of aliphatic hydroxyl groups excluding tert-OH is 2. The Morgan fingerprint density at radius 1 is 0.556 bits per heavy atom. The van der Waals surface area contributed by atoms with Crippen LogP contribution in [-0.4, -0.2) is 57.9 Å². The molecule has 5 nitrogen and oxygen atoms in total. The summed E-state index contributed by atoms with van der Waals surface area (Å²) < 4.78 is 17.3. The van der Waals surface area contributed by atoms with Crippen molar-refractivity contribution in [3.8, 4) is 0 Å². The first-order valence-electron chi connectivity index (χ1n) is 19.3. The van der Waals surface area contributed by atoms with Crippen LogP contribution in [0, 0.1) is 0 Å². The third-order valence-corrected chi connectivity index (χ3v) is 9.85. The second-order valence-electron chi connectivity index (χ2n) is 13.6. The molecule has 1 heterocycles. The molecule has 0 aromatic heterocycles. The molecule has 45 heavy (non-hydrogen) atoms. The number of aliphatic hydroxyl groups is 2. The van der Waals surface area contributed by atoms with Crippen molar-refractivity contribution in [2.75, 3.05) is 13.2 Å². The Hall–Kier alpha value is -0.340. The van der Waals surface area contributed by atoms with Gasteiger partial charge in [0.25, 0.3) is 0 Å². The van der Waals surface area contributed by atoms with Crippen LogP contribution in [0.25, 0.3) is 0 Å². The van der Waals surface area contributed by atoms with Gasteiger partial charge in [0.2, 0.25) is 0 Å². The summed E-state index contributed by atoms with van der Waals surface area (Å²) in [7, 11) is 0. The molecule has 1 fully saturated rings. The Labute approximate surface area is 289 Å². The first kappa shape index (κ1) is 42.7. The number of hydrogen-bond acceptors (Lipinski definition) is 7. The fourth-order valence-electron chi connectivity index (χ4n) is 6.18. The predicted molar refractivity (Wildman–Crippen MR) is 198 cm³/mol. The van der Waals surface area contributed by atoms with Crippen LogP contribution >= 0.6 is 24.4 Å². The molecule has 0 unspecified atom stereocenters. The summed E-state index contributed by atoms with van der Waals surface area (Å²) >= 11 is 10.9. The standard InChI is InChI=1S/C38H72O5S2/c1-3-5-7-9-11-13-15-17-19-21-23-25-27-29-35(44)42-32-34-37(40)38(33(39)31-41-34)43-36(45)30-28-26-24-22-20-18-16-14-12-10-8-6-4-2/h33-34,37-40H,3-32H2,1-2H3/t33-,34+,37+,38+/m1/s1. The van der Waals surface area contributed by atoms with Crippen molar-refractivity contribution in [3.05, 3.63) is 0 Å². The van der Waals surface area contributed by atoms with E-state index in [-0.39, 0.29) is 13.2 Å². The molecule has 266 valence electrons. The molecule has 1 saturated heterocycles. The molecule has 7 heteroatoms. The lowest BCUT2D eigenvalue weighted by Gasteiger charge is -2.37. The zero-order chi connectivity index (χ0) is 32.8. The summed E-state index contributed by atoms with van der Waals surface area (Å²) in [4.78, 5) is 0. The van der Waals surface area contributed by atoms with Crippen molar-refractivity contribution in [2.24, 2.45) is 0 Å². The van der Waals surface area contributed by atoms with Gasteiger partial charge in [-0.1, -0.05) is 168 Å². The molecule has 0 aromatic rings. The van der Waals surface area contributed by atoms with Gasteiger partial charge >= 0.3 is 0 Å². The van der Waals surface area contributed by atoms with E-state index in [0.29, 0.717) is 16.5 Å². The molecule has 4 atom stereocenters. The van der Waals surface area contributed by atoms with Crippen LogP contribution in [-0.2, 0) is 14.2 Å². The van der Waals surface area contributed by atoms with Gasteiger partial charge in [0.1, 0.15) is 24.9 Å². The summed E-state index contributed by atoms with van der Waals surface area (Å²) in [6.45, 7) is 4.79. The fraction of sp³-hybridized carbons (Fsp3) is 0.947. The topological polar surface area (TPSA) is 68.2 Å². The molecule has 1 aliphatic rings. The smallest absolute Gasteiger partial charge is 0.160 e. The van der Waals surface area contributed by atoms with Gasteiger partial charge in [-0.25, -0.2) is 0 Å². The summed E-state index contributed by atoms with van der Waals surface area (Å²) in [5, 5.41) is 22.3. The number of unbranched alkanes of at least 4 members (excludes halogenated alkanes) is 24. The number of ether oxygens (including phenoxy) is 3. The second-order valence-corrected chi connectivity index (χ2v) is 14.5. The lowest BCUT2D eigenvalue weighted by atomic mass is 10.00. The first-order valence-corrected chi connectivity index (χ1v) is 20.1. The fourth-order valence-corrected chi connectivity index (χ4v) is 6.65. The average molecular weight is 673 g/mol. The van der Waals surface area contributed by atoms with Crippen molar-refractivity contribution in [1.82, 2.24) is 0 Å². The molecule has 2 N–H and O–H groups in total. The maximum absolute atomic E-state index is 10.9. The van der Waals surface area contributed by atoms with Crippen molar-refractivity contribution in [3.63, 3.8) is 0 Å². The van der Waals surface area contributed by atoms with Crippen LogP contribution in [0.15, 0.2) is 0 Å². The van der Waals surface area contributed by atoms with Gasteiger partial charge in [-0.2, -0.15) is 0 Å². The van der Waals surface area contributed by atoms with E-state index < -0.39 is 24.4 Å². The van der Waals surface area contributed by atoms with E-state index in [1.165, 1.54) is 148 Å². The minimum absolute atomic E-state index is 0.0860. The van der Waals surface area contributed by atoms with Crippen LogP contribution in [0.2, 0.25) is 0 Å². The van der Waals surface area contributed by atoms with Crippen LogP contribution in [0.1, 0.15) is 194 Å². The van der Waals surface area contributed by atoms with E-state index in [1.807, 2.05) is 0 Å². The minimum atomic E-state index is -1.02. The Morgan fingerprint density at radius 3 is 1.31 bits per heavy atom. The first-order chi connectivity index (χ1) is 22.0. The average Bonchev–Trinajstić information content (AvgIpc) is 3.03. The Kier molecular flexibility index (Phi) is 29.4. The molecule has 0 amide bonds. The molecule has 0 bridgehead atoms. The largest absolute Gasteiger partial charge is 0.484 e. The van der Waals surface area contributed by atoms with Crippen LogP contribution in [0.3, 0.4) is 0 Å². The molecule has 0 radical (unpaired) electrons. The second kappa shape index (κ2) is 31.0. The third kappa shape index (κ3) is 24.5. The van der Waals surface area contributed by atoms with Crippen LogP contribution < -0.4 is 0 Å². The van der Waals surface area contributed by atoms with Gasteiger partial charge in [-0.15, -0.1) is 0 Å². The maximum atomic E-state index is 10.9. The SMILES string of the molecule is CCCCCCCCCCCCCCCC(=S)OC[C@@H]1OC[C@@H](O)[C@H](OC(=S)CCCCCCCCCCCCCCC)[C@H]1O. The summed E-state index contributed by atoms with van der Waals surface area (Å²) in [5.74, 6) is 0. The van der Waals surface area contributed by atoms with E-state index in [4.69, 9.17) is 38.6 Å². The van der Waals surface area contributed by atoms with Crippen molar-refractivity contribution in [2.45, 2.75) is 218 Å². The molecule has 0 aromatic carbocycles. The molecular weight excluding hydrogens is 601 g/mol. The van der Waals surface area contributed by atoms with Gasteiger partial charge in [0.15, 0.2) is 16.2 Å². The van der Waals surface area contributed by atoms with E-state index >= 15 is 0 Å². The lowest BCUT2D eigenvalue weighted by Crippen LogP contribution is -2.56. The third-order valence-electron chi connectivity index (χ3n) is 9.22. The number of thiocarbonyl (C=S) groups is 2. The summed E-state index contributed by atoms with van der Waals surface area (Å²) in [5.41, 5.74) is 0. The summed E-state index contributed by atoms with van der Waals surface area (Å²) in [6.07, 6.45) is 32.2. The quantitative estimate of drug-likeness (QED) is 0.0561. The molecular formula is C38H72O5S2. The molecule has 0 aliphatic carbocycles. The monoisotopic (exact) mass is 672 g/mol. The van der Waals surface area contributed by atoms with Gasteiger partial charge in [-0.3, -0.25) is 0 Å². The van der Waals surface area contributed by atoms with E-state index in [1.54, 1.807) is 0 Å². The van der Waals surface area contributed by atoms with Gasteiger partial charge in [-0.05, 0) is 37.3 Å². The predicted octanol–water partition coefficient (Wildman–Crippen LogP) is 11.1. The van der Waals surface area contributed by atoms with Gasteiger partial charge in [0.05, 0.1) is 6.61 Å². The number of rotatable bonds is 31. The van der Waals surface area contributed by atoms with Crippen molar-refractivity contribution >= 4 is 34.5 Å². The van der Waals surface area contributed by atoms with Crippen molar-refractivity contribution in [1.29, 1.82) is 0 Å². The van der Waals surface area contributed by atoms with Gasteiger partial charge < -0.3 is 24.4 Å². The molecule has 1 aliphatic heterocycles. The van der Waals surface area contributed by atoms with Crippen LogP contribution in [0.5, 0.6) is 0 Å². The molecule has 1 rings (SSSR count).